The van der Waals surface area contributed by atoms with Gasteiger partial charge in [-0.1, -0.05) is 20.8 Å². The molecular formula is C16H26N4O. The van der Waals surface area contributed by atoms with E-state index in [1.807, 2.05) is 11.0 Å². The maximum absolute atomic E-state index is 12.5. The van der Waals surface area contributed by atoms with E-state index < -0.39 is 0 Å². The van der Waals surface area contributed by atoms with Gasteiger partial charge in [0.15, 0.2) is 5.69 Å². The van der Waals surface area contributed by atoms with Gasteiger partial charge in [0.25, 0.3) is 5.91 Å². The van der Waals surface area contributed by atoms with Gasteiger partial charge in [0.05, 0.1) is 0 Å². The number of amides is 1. The molecule has 0 aromatic carbocycles. The van der Waals surface area contributed by atoms with Crippen LogP contribution in [0.3, 0.4) is 0 Å². The topological polar surface area (TPSA) is 58.1 Å². The van der Waals surface area contributed by atoms with Crippen LogP contribution in [-0.4, -0.2) is 40.6 Å². The van der Waals surface area contributed by atoms with Gasteiger partial charge in [-0.3, -0.25) is 4.79 Å². The maximum Gasteiger partial charge on any atom is 0.274 e. The number of carbonyl (C=O) groups is 1. The molecule has 5 heteroatoms. The number of hydrogen-bond acceptors (Lipinski definition) is 4. The fraction of sp³-hybridized carbons (Fsp3) is 0.688. The number of carbonyl (C=O) groups excluding carboxylic acids is 1. The molecule has 5 nitrogen and oxygen atoms in total. The van der Waals surface area contributed by atoms with Crippen LogP contribution < -0.4 is 5.32 Å². The minimum Gasteiger partial charge on any atom is -0.369 e. The van der Waals surface area contributed by atoms with Crippen molar-refractivity contribution in [2.24, 2.45) is 5.41 Å². The van der Waals surface area contributed by atoms with Crippen LogP contribution in [0.1, 0.15) is 56.9 Å². The summed E-state index contributed by atoms with van der Waals surface area (Å²) >= 11 is 0. The molecule has 0 bridgehead atoms. The lowest BCUT2D eigenvalue weighted by Crippen LogP contribution is -2.32. The largest absolute Gasteiger partial charge is 0.369 e. The minimum atomic E-state index is 0.00770. The lowest BCUT2D eigenvalue weighted by atomic mass is 9.82. The third-order valence-corrected chi connectivity index (χ3v) is 4.67. The molecule has 0 atom stereocenters. The van der Waals surface area contributed by atoms with Crippen molar-refractivity contribution in [3.8, 4) is 0 Å². The van der Waals surface area contributed by atoms with Crippen LogP contribution in [0.15, 0.2) is 12.1 Å². The Morgan fingerprint density at radius 1 is 1.29 bits per heavy atom. The van der Waals surface area contributed by atoms with E-state index in [9.17, 15) is 4.79 Å². The number of hydrogen-bond donors (Lipinski definition) is 1. The van der Waals surface area contributed by atoms with Crippen LogP contribution in [0, 0.1) is 5.41 Å². The Hall–Kier alpha value is -1.65. The van der Waals surface area contributed by atoms with Gasteiger partial charge in [-0.25, -0.2) is 0 Å². The number of nitrogens with one attached hydrogen (secondary N) is 1. The minimum absolute atomic E-state index is 0.00770. The summed E-state index contributed by atoms with van der Waals surface area (Å²) in [4.78, 5) is 14.4. The van der Waals surface area contributed by atoms with Gasteiger partial charge in [0.1, 0.15) is 5.82 Å². The molecule has 2 heterocycles. The Labute approximate surface area is 127 Å². The zero-order chi connectivity index (χ0) is 15.3. The van der Waals surface area contributed by atoms with E-state index in [4.69, 9.17) is 0 Å². The highest BCUT2D eigenvalue weighted by Crippen LogP contribution is 2.37. The quantitative estimate of drug-likeness (QED) is 0.875. The summed E-state index contributed by atoms with van der Waals surface area (Å²) in [5.41, 5.74) is 0.742. The SMILES string of the molecule is CCCNc1ccc(C(=O)N2CCC(CC)(CC)C2)nn1. The molecule has 1 aromatic rings. The predicted molar refractivity (Wildman–Crippen MR) is 84.3 cm³/mol. The zero-order valence-corrected chi connectivity index (χ0v) is 13.4. The molecule has 1 amide bonds. The molecule has 2 rings (SSSR count). The van der Waals surface area contributed by atoms with E-state index in [0.717, 1.165) is 51.1 Å². The summed E-state index contributed by atoms with van der Waals surface area (Å²) in [7, 11) is 0. The maximum atomic E-state index is 12.5. The highest BCUT2D eigenvalue weighted by atomic mass is 16.2. The second-order valence-electron chi connectivity index (χ2n) is 5.91. The van der Waals surface area contributed by atoms with E-state index in [-0.39, 0.29) is 5.91 Å². The lowest BCUT2D eigenvalue weighted by molar-refractivity contribution is 0.0763. The summed E-state index contributed by atoms with van der Waals surface area (Å²) in [6, 6.07) is 3.60. The first-order valence-electron chi connectivity index (χ1n) is 8.01. The Bertz CT molecular complexity index is 468. The lowest BCUT2D eigenvalue weighted by Gasteiger charge is -2.26. The molecule has 1 aliphatic rings. The Morgan fingerprint density at radius 3 is 2.57 bits per heavy atom. The average molecular weight is 290 g/mol. The molecule has 0 spiro atoms. The molecule has 1 saturated heterocycles. The third kappa shape index (κ3) is 3.52. The van der Waals surface area contributed by atoms with Crippen LogP contribution in [0.25, 0.3) is 0 Å². The van der Waals surface area contributed by atoms with Crippen LogP contribution in [0.5, 0.6) is 0 Å². The first kappa shape index (κ1) is 15.7. The molecule has 21 heavy (non-hydrogen) atoms. The first-order valence-corrected chi connectivity index (χ1v) is 8.01. The zero-order valence-electron chi connectivity index (χ0n) is 13.4. The highest BCUT2D eigenvalue weighted by molar-refractivity contribution is 5.92. The Balaban J connectivity index is 2.00. The van der Waals surface area contributed by atoms with Gasteiger partial charge in [0, 0.05) is 19.6 Å². The average Bonchev–Trinajstić information content (AvgIpc) is 2.98. The second-order valence-corrected chi connectivity index (χ2v) is 5.91. The van der Waals surface area contributed by atoms with Crippen molar-refractivity contribution in [1.82, 2.24) is 15.1 Å². The van der Waals surface area contributed by atoms with Crippen molar-refractivity contribution >= 4 is 11.7 Å². The predicted octanol–water partition coefficient (Wildman–Crippen LogP) is 2.95. The van der Waals surface area contributed by atoms with Gasteiger partial charge >= 0.3 is 0 Å². The van der Waals surface area contributed by atoms with Gasteiger partial charge in [-0.05, 0) is 43.2 Å². The monoisotopic (exact) mass is 290 g/mol. The number of rotatable bonds is 6. The smallest absolute Gasteiger partial charge is 0.274 e. The van der Waals surface area contributed by atoms with Crippen molar-refractivity contribution in [1.29, 1.82) is 0 Å². The summed E-state index contributed by atoms with van der Waals surface area (Å²) in [6.07, 6.45) is 4.37. The Morgan fingerprint density at radius 2 is 2.05 bits per heavy atom. The molecular weight excluding hydrogens is 264 g/mol. The van der Waals surface area contributed by atoms with E-state index in [1.165, 1.54) is 0 Å². The van der Waals surface area contributed by atoms with Crippen LogP contribution in [0.4, 0.5) is 5.82 Å². The fourth-order valence-corrected chi connectivity index (χ4v) is 2.89. The number of nitrogens with zero attached hydrogens (tertiary/aromatic N) is 3. The molecule has 0 saturated carbocycles. The van der Waals surface area contributed by atoms with Gasteiger partial charge in [0.2, 0.25) is 0 Å². The molecule has 1 N–H and O–H groups in total. The van der Waals surface area contributed by atoms with Gasteiger partial charge in [-0.2, -0.15) is 0 Å². The van der Waals surface area contributed by atoms with Crippen molar-refractivity contribution in [3.05, 3.63) is 17.8 Å². The summed E-state index contributed by atoms with van der Waals surface area (Å²) < 4.78 is 0. The molecule has 0 aliphatic carbocycles. The van der Waals surface area contributed by atoms with Crippen LogP contribution in [-0.2, 0) is 0 Å². The number of likely N-dealkylation sites (tertiary alicyclic amines) is 1. The standard InChI is InChI=1S/C16H26N4O/c1-4-10-17-14-8-7-13(18-19-14)15(21)20-11-9-16(5-2,6-3)12-20/h7-8H,4-6,9-12H2,1-3H3,(H,17,19). The molecule has 1 aliphatic heterocycles. The first-order chi connectivity index (χ1) is 10.1. The van der Waals surface area contributed by atoms with Crippen LogP contribution >= 0.6 is 0 Å². The van der Waals surface area contributed by atoms with Crippen molar-refractivity contribution < 1.29 is 4.79 Å². The van der Waals surface area contributed by atoms with Crippen molar-refractivity contribution in [3.63, 3.8) is 0 Å². The van der Waals surface area contributed by atoms with E-state index >= 15 is 0 Å². The van der Waals surface area contributed by atoms with Gasteiger partial charge in [-0.15, -0.1) is 10.2 Å². The fourth-order valence-electron chi connectivity index (χ4n) is 2.89. The van der Waals surface area contributed by atoms with Gasteiger partial charge < -0.3 is 10.2 Å². The van der Waals surface area contributed by atoms with E-state index in [2.05, 4.69) is 36.3 Å². The number of anilines is 1. The highest BCUT2D eigenvalue weighted by Gasteiger charge is 2.37. The third-order valence-electron chi connectivity index (χ3n) is 4.67. The summed E-state index contributed by atoms with van der Waals surface area (Å²) in [6.45, 7) is 9.06. The molecule has 1 fully saturated rings. The van der Waals surface area contributed by atoms with Crippen molar-refractivity contribution in [2.75, 3.05) is 25.0 Å². The molecule has 0 unspecified atom stereocenters. The Kier molecular flexibility index (Phi) is 5.15. The molecule has 1 aromatic heterocycles. The summed E-state index contributed by atoms with van der Waals surface area (Å²) in [5.74, 6) is 0.736. The second kappa shape index (κ2) is 6.87. The van der Waals surface area contributed by atoms with Crippen molar-refractivity contribution in [2.45, 2.75) is 46.5 Å². The number of aromatic nitrogens is 2. The molecule has 0 radical (unpaired) electrons. The molecule has 116 valence electrons. The van der Waals surface area contributed by atoms with E-state index in [1.54, 1.807) is 6.07 Å². The summed E-state index contributed by atoms with van der Waals surface area (Å²) in [5, 5.41) is 11.3. The van der Waals surface area contributed by atoms with Crippen LogP contribution in [0.2, 0.25) is 0 Å². The normalized spacial score (nSPS) is 17.0. The van der Waals surface area contributed by atoms with E-state index in [0.29, 0.717) is 11.1 Å².